The van der Waals surface area contributed by atoms with E-state index in [2.05, 4.69) is 4.90 Å². The first-order chi connectivity index (χ1) is 8.61. The molecule has 0 amide bonds. The Labute approximate surface area is 105 Å². The lowest BCUT2D eigenvalue weighted by Gasteiger charge is -2.22. The van der Waals surface area contributed by atoms with Gasteiger partial charge in [-0.25, -0.2) is 0 Å². The highest BCUT2D eigenvalue weighted by Gasteiger charge is 2.23. The van der Waals surface area contributed by atoms with Crippen molar-refractivity contribution in [3.05, 3.63) is 39.7 Å². The van der Waals surface area contributed by atoms with Crippen LogP contribution in [0.5, 0.6) is 0 Å². The minimum atomic E-state index is -0.777. The van der Waals surface area contributed by atoms with Gasteiger partial charge in [-0.3, -0.25) is 15.0 Å². The van der Waals surface area contributed by atoms with Gasteiger partial charge in [0.05, 0.1) is 4.92 Å². The molecular formula is C12H16FN3O2. The molecule has 18 heavy (non-hydrogen) atoms. The van der Waals surface area contributed by atoms with Crippen LogP contribution in [0.1, 0.15) is 18.4 Å². The molecule has 1 unspecified atom stereocenters. The Morgan fingerprint density at radius 2 is 2.33 bits per heavy atom. The minimum Gasteiger partial charge on any atom is -0.329 e. The van der Waals surface area contributed by atoms with Crippen LogP contribution in [0.4, 0.5) is 10.1 Å². The van der Waals surface area contributed by atoms with Crippen molar-refractivity contribution in [1.29, 1.82) is 0 Å². The summed E-state index contributed by atoms with van der Waals surface area (Å²) in [7, 11) is 0. The monoisotopic (exact) mass is 253 g/mol. The molecule has 0 radical (unpaired) electrons. The molecule has 98 valence electrons. The summed E-state index contributed by atoms with van der Waals surface area (Å²) < 4.78 is 13.5. The predicted molar refractivity (Wildman–Crippen MR) is 65.5 cm³/mol. The van der Waals surface area contributed by atoms with Gasteiger partial charge in [-0.15, -0.1) is 0 Å². The van der Waals surface area contributed by atoms with E-state index in [1.807, 2.05) is 0 Å². The molecule has 6 heteroatoms. The summed E-state index contributed by atoms with van der Waals surface area (Å²) >= 11 is 0. The van der Waals surface area contributed by atoms with Crippen LogP contribution in [0, 0.1) is 15.9 Å². The van der Waals surface area contributed by atoms with Crippen LogP contribution in [0.3, 0.4) is 0 Å². The minimum absolute atomic E-state index is 0.336. The third-order valence-electron chi connectivity index (χ3n) is 3.37. The van der Waals surface area contributed by atoms with Crippen molar-refractivity contribution in [2.75, 3.05) is 13.1 Å². The summed E-state index contributed by atoms with van der Waals surface area (Å²) in [6.07, 6.45) is 2.16. The molecular weight excluding hydrogens is 237 g/mol. The van der Waals surface area contributed by atoms with E-state index in [9.17, 15) is 14.5 Å². The Morgan fingerprint density at radius 3 is 2.94 bits per heavy atom. The Morgan fingerprint density at radius 1 is 1.56 bits per heavy atom. The molecule has 2 rings (SSSR count). The second-order valence-electron chi connectivity index (χ2n) is 4.55. The average Bonchev–Trinajstić information content (AvgIpc) is 2.76. The van der Waals surface area contributed by atoms with Gasteiger partial charge in [0.25, 0.3) is 0 Å². The molecule has 1 aliphatic rings. The normalized spacial score (nSPS) is 20.2. The number of nitrogens with zero attached hydrogens (tertiary/aromatic N) is 2. The molecule has 1 saturated heterocycles. The van der Waals surface area contributed by atoms with Crippen LogP contribution in [0.25, 0.3) is 0 Å². The molecule has 0 aromatic heterocycles. The Balaban J connectivity index is 2.10. The summed E-state index contributed by atoms with van der Waals surface area (Å²) in [6.45, 7) is 2.13. The number of halogens is 1. The number of nitrogens with two attached hydrogens (primary N) is 1. The third-order valence-corrected chi connectivity index (χ3v) is 3.37. The maximum absolute atomic E-state index is 13.5. The molecule has 1 aromatic carbocycles. The van der Waals surface area contributed by atoms with Crippen molar-refractivity contribution in [1.82, 2.24) is 4.90 Å². The van der Waals surface area contributed by atoms with Gasteiger partial charge in [-0.2, -0.15) is 4.39 Å². The van der Waals surface area contributed by atoms with E-state index in [1.165, 1.54) is 12.1 Å². The Bertz CT molecular complexity index is 453. The maximum Gasteiger partial charge on any atom is 0.304 e. The van der Waals surface area contributed by atoms with Crippen molar-refractivity contribution in [2.24, 2.45) is 5.73 Å². The summed E-state index contributed by atoms with van der Waals surface area (Å²) in [4.78, 5) is 12.0. The fourth-order valence-electron chi connectivity index (χ4n) is 2.40. The zero-order valence-electron chi connectivity index (χ0n) is 10.0. The number of nitro benzene ring substituents is 1. The lowest BCUT2D eigenvalue weighted by atomic mass is 10.1. The highest BCUT2D eigenvalue weighted by Crippen LogP contribution is 2.22. The SMILES string of the molecule is NCC1CCCN1Cc1ccc([N+](=O)[O-])c(F)c1. The summed E-state index contributed by atoms with van der Waals surface area (Å²) in [5.41, 5.74) is 5.94. The fourth-order valence-corrected chi connectivity index (χ4v) is 2.40. The van der Waals surface area contributed by atoms with Gasteiger partial charge in [-0.1, -0.05) is 6.07 Å². The Kier molecular flexibility index (Phi) is 3.88. The average molecular weight is 253 g/mol. The van der Waals surface area contributed by atoms with E-state index in [0.29, 0.717) is 19.1 Å². The maximum atomic E-state index is 13.5. The van der Waals surface area contributed by atoms with E-state index in [-0.39, 0.29) is 0 Å². The first kappa shape index (κ1) is 12.9. The largest absolute Gasteiger partial charge is 0.329 e. The first-order valence-electron chi connectivity index (χ1n) is 5.98. The number of rotatable bonds is 4. The van der Waals surface area contributed by atoms with Gasteiger partial charge in [0.1, 0.15) is 0 Å². The molecule has 2 N–H and O–H groups in total. The quantitative estimate of drug-likeness (QED) is 0.654. The lowest BCUT2D eigenvalue weighted by molar-refractivity contribution is -0.387. The zero-order chi connectivity index (χ0) is 13.1. The fraction of sp³-hybridized carbons (Fsp3) is 0.500. The predicted octanol–water partition coefficient (Wildman–Crippen LogP) is 1.66. The van der Waals surface area contributed by atoms with E-state index in [0.717, 1.165) is 24.9 Å². The van der Waals surface area contributed by atoms with Crippen LogP contribution >= 0.6 is 0 Å². The van der Waals surface area contributed by atoms with E-state index in [4.69, 9.17) is 5.73 Å². The first-order valence-corrected chi connectivity index (χ1v) is 5.98. The zero-order valence-corrected chi connectivity index (χ0v) is 10.0. The van der Waals surface area contributed by atoms with Crippen molar-refractivity contribution in [2.45, 2.75) is 25.4 Å². The molecule has 1 fully saturated rings. The summed E-state index contributed by atoms with van der Waals surface area (Å²) in [6, 6.07) is 4.40. The van der Waals surface area contributed by atoms with Crippen molar-refractivity contribution in [3.8, 4) is 0 Å². The number of hydrogen-bond donors (Lipinski definition) is 1. The molecule has 1 aromatic rings. The van der Waals surface area contributed by atoms with E-state index < -0.39 is 16.4 Å². The van der Waals surface area contributed by atoms with Gasteiger partial charge in [0.15, 0.2) is 0 Å². The Hall–Kier alpha value is -1.53. The van der Waals surface area contributed by atoms with Gasteiger partial charge in [0.2, 0.25) is 5.82 Å². The topological polar surface area (TPSA) is 72.4 Å². The molecule has 0 saturated carbocycles. The van der Waals surface area contributed by atoms with Crippen LogP contribution < -0.4 is 5.73 Å². The molecule has 0 spiro atoms. The summed E-state index contributed by atoms with van der Waals surface area (Å²) in [5, 5.41) is 10.5. The number of likely N-dealkylation sites (tertiary alicyclic amines) is 1. The van der Waals surface area contributed by atoms with Crippen molar-refractivity contribution < 1.29 is 9.31 Å². The van der Waals surface area contributed by atoms with Crippen LogP contribution in [0.15, 0.2) is 18.2 Å². The summed E-state index contributed by atoms with van der Waals surface area (Å²) in [5.74, 6) is -0.777. The highest BCUT2D eigenvalue weighted by atomic mass is 19.1. The highest BCUT2D eigenvalue weighted by molar-refractivity contribution is 5.35. The number of nitro groups is 1. The standard InChI is InChI=1S/C12H16FN3O2/c13-11-6-9(3-4-12(11)16(17)18)8-15-5-1-2-10(15)7-14/h3-4,6,10H,1-2,5,7-8,14H2. The van der Waals surface area contributed by atoms with Gasteiger partial charge in [0, 0.05) is 25.2 Å². The molecule has 1 atom stereocenters. The van der Waals surface area contributed by atoms with Crippen LogP contribution in [0.2, 0.25) is 0 Å². The second kappa shape index (κ2) is 5.41. The van der Waals surface area contributed by atoms with Crippen molar-refractivity contribution >= 4 is 5.69 Å². The van der Waals surface area contributed by atoms with Crippen LogP contribution in [-0.4, -0.2) is 29.0 Å². The lowest BCUT2D eigenvalue weighted by Crippen LogP contribution is -2.34. The van der Waals surface area contributed by atoms with Gasteiger partial charge >= 0.3 is 5.69 Å². The molecule has 0 aliphatic carbocycles. The third kappa shape index (κ3) is 2.65. The molecule has 5 nitrogen and oxygen atoms in total. The number of hydrogen-bond acceptors (Lipinski definition) is 4. The van der Waals surface area contributed by atoms with Crippen LogP contribution in [-0.2, 0) is 6.54 Å². The van der Waals surface area contributed by atoms with E-state index >= 15 is 0 Å². The second-order valence-corrected chi connectivity index (χ2v) is 4.55. The smallest absolute Gasteiger partial charge is 0.304 e. The van der Waals surface area contributed by atoms with E-state index in [1.54, 1.807) is 6.07 Å². The van der Waals surface area contributed by atoms with Gasteiger partial charge < -0.3 is 5.73 Å². The van der Waals surface area contributed by atoms with Gasteiger partial charge in [-0.05, 0) is 31.0 Å². The molecule has 1 heterocycles. The molecule has 1 aliphatic heterocycles. The van der Waals surface area contributed by atoms with Crippen molar-refractivity contribution in [3.63, 3.8) is 0 Å². The molecule has 0 bridgehead atoms. The number of benzene rings is 1.